The van der Waals surface area contributed by atoms with E-state index in [1.165, 1.54) is 0 Å². The number of amides is 2. The van der Waals surface area contributed by atoms with E-state index < -0.39 is 0 Å². The van der Waals surface area contributed by atoms with E-state index in [2.05, 4.69) is 20.6 Å². The number of imidazole rings is 1. The Morgan fingerprint density at radius 1 is 1.38 bits per heavy atom. The average molecular weight is 284 g/mol. The van der Waals surface area contributed by atoms with Gasteiger partial charge >= 0.3 is 0 Å². The zero-order valence-corrected chi connectivity index (χ0v) is 11.5. The van der Waals surface area contributed by atoms with Crippen molar-refractivity contribution < 1.29 is 9.59 Å². The average Bonchev–Trinajstić information content (AvgIpc) is 3.10. The minimum absolute atomic E-state index is 0.0268. The third-order valence-electron chi connectivity index (χ3n) is 3.42. The zero-order valence-electron chi connectivity index (χ0n) is 11.5. The summed E-state index contributed by atoms with van der Waals surface area (Å²) in [5.74, 6) is 0.781. The number of nitrogens with one attached hydrogen (secondary N) is 3. The fraction of sp³-hybridized carbons (Fsp3) is 0.267. The number of fused-ring (bicyclic) bond motifs is 1. The Labute approximate surface area is 122 Å². The molecule has 0 saturated carbocycles. The van der Waals surface area contributed by atoms with Crippen molar-refractivity contribution >= 4 is 17.5 Å². The Hall–Kier alpha value is -2.63. The second kappa shape index (κ2) is 5.78. The highest BCUT2D eigenvalue weighted by atomic mass is 16.2. The molecule has 0 radical (unpaired) electrons. The summed E-state index contributed by atoms with van der Waals surface area (Å²) in [6, 6.07) is 5.28. The van der Waals surface area contributed by atoms with Gasteiger partial charge in [-0.25, -0.2) is 4.98 Å². The molecule has 0 spiro atoms. The molecule has 1 aromatic heterocycles. The van der Waals surface area contributed by atoms with Crippen LogP contribution in [-0.4, -0.2) is 28.3 Å². The predicted molar refractivity (Wildman–Crippen MR) is 78.0 cm³/mol. The summed E-state index contributed by atoms with van der Waals surface area (Å²) in [4.78, 5) is 30.5. The van der Waals surface area contributed by atoms with Crippen LogP contribution in [0.4, 0.5) is 5.69 Å². The van der Waals surface area contributed by atoms with E-state index in [0.717, 1.165) is 29.9 Å². The van der Waals surface area contributed by atoms with Gasteiger partial charge in [0.25, 0.3) is 5.91 Å². The molecular formula is C15H16N4O2. The lowest BCUT2D eigenvalue weighted by molar-refractivity contribution is -0.115. The first-order chi connectivity index (χ1) is 10.2. The third-order valence-corrected chi connectivity index (χ3v) is 3.42. The van der Waals surface area contributed by atoms with E-state index in [9.17, 15) is 9.59 Å². The highest BCUT2D eigenvalue weighted by molar-refractivity contribution is 6.01. The van der Waals surface area contributed by atoms with Gasteiger partial charge in [-0.05, 0) is 30.2 Å². The van der Waals surface area contributed by atoms with Crippen LogP contribution in [0.25, 0.3) is 0 Å². The first-order valence-corrected chi connectivity index (χ1v) is 6.91. The maximum Gasteiger partial charge on any atom is 0.251 e. The summed E-state index contributed by atoms with van der Waals surface area (Å²) in [6.45, 7) is 0.591. The van der Waals surface area contributed by atoms with E-state index >= 15 is 0 Å². The van der Waals surface area contributed by atoms with Crippen LogP contribution < -0.4 is 10.6 Å². The van der Waals surface area contributed by atoms with Gasteiger partial charge in [-0.15, -0.1) is 0 Å². The van der Waals surface area contributed by atoms with E-state index in [4.69, 9.17) is 0 Å². The second-order valence-electron chi connectivity index (χ2n) is 4.99. The number of hydrogen-bond acceptors (Lipinski definition) is 3. The number of H-pyrrole nitrogens is 1. The molecule has 0 fully saturated rings. The number of benzene rings is 1. The maximum absolute atomic E-state index is 12.0. The van der Waals surface area contributed by atoms with E-state index in [1.807, 2.05) is 0 Å². The quantitative estimate of drug-likeness (QED) is 0.723. The van der Waals surface area contributed by atoms with Gasteiger partial charge in [0, 0.05) is 36.6 Å². The van der Waals surface area contributed by atoms with E-state index in [-0.39, 0.29) is 11.8 Å². The molecule has 6 heteroatoms. The minimum Gasteiger partial charge on any atom is -0.352 e. The van der Waals surface area contributed by atoms with Crippen molar-refractivity contribution in [1.82, 2.24) is 15.3 Å². The van der Waals surface area contributed by atoms with Crippen LogP contribution in [0.15, 0.2) is 30.6 Å². The molecule has 21 heavy (non-hydrogen) atoms. The Morgan fingerprint density at radius 3 is 3.10 bits per heavy atom. The topological polar surface area (TPSA) is 86.9 Å². The zero-order chi connectivity index (χ0) is 14.7. The first kappa shape index (κ1) is 13.4. The van der Waals surface area contributed by atoms with Crippen molar-refractivity contribution in [1.29, 1.82) is 0 Å². The standard InChI is InChI=1S/C15H16N4O2/c20-14-9-11-8-10(3-4-12(11)19-14)15(21)18-5-1-2-13-16-6-7-17-13/h3-4,6-8H,1-2,5,9H2,(H,16,17)(H,18,21)(H,19,20). The summed E-state index contributed by atoms with van der Waals surface area (Å²) < 4.78 is 0. The fourth-order valence-corrected chi connectivity index (χ4v) is 2.37. The van der Waals surface area contributed by atoms with Gasteiger partial charge < -0.3 is 15.6 Å². The SMILES string of the molecule is O=C1Cc2cc(C(=O)NCCCc3ncc[nH]3)ccc2N1. The van der Waals surface area contributed by atoms with Crippen LogP contribution in [0.5, 0.6) is 0 Å². The van der Waals surface area contributed by atoms with E-state index in [0.29, 0.717) is 18.5 Å². The van der Waals surface area contributed by atoms with Gasteiger partial charge in [0.05, 0.1) is 6.42 Å². The molecule has 0 saturated heterocycles. The molecule has 3 N–H and O–H groups in total. The third kappa shape index (κ3) is 3.10. The Kier molecular flexibility index (Phi) is 3.68. The van der Waals surface area contributed by atoms with E-state index in [1.54, 1.807) is 30.6 Å². The fourth-order valence-electron chi connectivity index (χ4n) is 2.37. The second-order valence-corrected chi connectivity index (χ2v) is 4.99. The van der Waals surface area contributed by atoms with Crippen molar-refractivity contribution in [2.24, 2.45) is 0 Å². The molecule has 2 aromatic rings. The number of carbonyl (C=O) groups excluding carboxylic acids is 2. The van der Waals surface area contributed by atoms with Gasteiger partial charge in [-0.3, -0.25) is 9.59 Å². The van der Waals surface area contributed by atoms with Crippen LogP contribution in [0.3, 0.4) is 0 Å². The summed E-state index contributed by atoms with van der Waals surface area (Å²) in [5, 5.41) is 5.63. The Balaban J connectivity index is 1.51. The Morgan fingerprint density at radius 2 is 2.29 bits per heavy atom. The lowest BCUT2D eigenvalue weighted by Crippen LogP contribution is -2.24. The van der Waals surface area contributed by atoms with Crippen molar-refractivity contribution in [2.75, 3.05) is 11.9 Å². The molecule has 108 valence electrons. The lowest BCUT2D eigenvalue weighted by Gasteiger charge is -2.06. The van der Waals surface area contributed by atoms with Crippen LogP contribution in [-0.2, 0) is 17.6 Å². The van der Waals surface area contributed by atoms with Crippen LogP contribution in [0, 0.1) is 0 Å². The number of aromatic amines is 1. The molecular weight excluding hydrogens is 268 g/mol. The number of rotatable bonds is 5. The molecule has 6 nitrogen and oxygen atoms in total. The highest BCUT2D eigenvalue weighted by Crippen LogP contribution is 2.23. The lowest BCUT2D eigenvalue weighted by atomic mass is 10.1. The molecule has 2 heterocycles. The largest absolute Gasteiger partial charge is 0.352 e. The van der Waals surface area contributed by atoms with Gasteiger partial charge in [-0.2, -0.15) is 0 Å². The van der Waals surface area contributed by atoms with Gasteiger partial charge in [0.2, 0.25) is 5.91 Å². The summed E-state index contributed by atoms with van der Waals surface area (Å²) >= 11 is 0. The number of aromatic nitrogens is 2. The van der Waals surface area contributed by atoms with Gasteiger partial charge in [0.15, 0.2) is 0 Å². The molecule has 0 aliphatic carbocycles. The molecule has 1 aliphatic heterocycles. The minimum atomic E-state index is -0.114. The van der Waals surface area contributed by atoms with Gasteiger partial charge in [0.1, 0.15) is 5.82 Å². The number of hydrogen-bond donors (Lipinski definition) is 3. The summed E-state index contributed by atoms with van der Waals surface area (Å²) in [7, 11) is 0. The molecule has 0 unspecified atom stereocenters. The van der Waals surface area contributed by atoms with Crippen molar-refractivity contribution in [3.8, 4) is 0 Å². The van der Waals surface area contributed by atoms with Crippen molar-refractivity contribution in [3.63, 3.8) is 0 Å². The molecule has 0 bridgehead atoms. The van der Waals surface area contributed by atoms with Crippen LogP contribution >= 0.6 is 0 Å². The van der Waals surface area contributed by atoms with Crippen molar-refractivity contribution in [2.45, 2.75) is 19.3 Å². The molecule has 1 aromatic carbocycles. The predicted octanol–water partition coefficient (Wildman–Crippen LogP) is 1.27. The van der Waals surface area contributed by atoms with Crippen molar-refractivity contribution in [3.05, 3.63) is 47.5 Å². The maximum atomic E-state index is 12.0. The monoisotopic (exact) mass is 284 g/mol. The molecule has 3 rings (SSSR count). The van der Waals surface area contributed by atoms with Gasteiger partial charge in [-0.1, -0.05) is 0 Å². The first-order valence-electron chi connectivity index (χ1n) is 6.91. The Bertz CT molecular complexity index is 664. The molecule has 1 aliphatic rings. The van der Waals surface area contributed by atoms with Crippen LogP contribution in [0.1, 0.15) is 28.2 Å². The normalized spacial score (nSPS) is 12.9. The highest BCUT2D eigenvalue weighted by Gasteiger charge is 2.18. The number of anilines is 1. The molecule has 0 atom stereocenters. The molecule has 2 amide bonds. The smallest absolute Gasteiger partial charge is 0.251 e. The number of aryl methyl sites for hydroxylation is 1. The number of nitrogens with zero attached hydrogens (tertiary/aromatic N) is 1. The summed E-state index contributed by atoms with van der Waals surface area (Å²) in [5.41, 5.74) is 2.26. The number of carbonyl (C=O) groups is 2. The summed E-state index contributed by atoms with van der Waals surface area (Å²) in [6.07, 6.45) is 5.47. The van der Waals surface area contributed by atoms with Crippen LogP contribution in [0.2, 0.25) is 0 Å².